The average Bonchev–Trinajstić information content (AvgIpc) is 2.49. The van der Waals surface area contributed by atoms with Gasteiger partial charge >= 0.3 is 0 Å². The molecule has 1 atom stereocenters. The van der Waals surface area contributed by atoms with Crippen molar-refractivity contribution in [1.82, 2.24) is 4.90 Å². The Hall–Kier alpha value is -1.57. The number of benzene rings is 1. The van der Waals surface area contributed by atoms with Crippen LogP contribution in [-0.4, -0.2) is 23.9 Å². The van der Waals surface area contributed by atoms with Crippen LogP contribution in [0.1, 0.15) is 24.0 Å². The van der Waals surface area contributed by atoms with Crippen LogP contribution in [0.3, 0.4) is 0 Å². The summed E-state index contributed by atoms with van der Waals surface area (Å²) >= 11 is 0. The first kappa shape index (κ1) is 10.9. The predicted molar refractivity (Wildman–Crippen MR) is 65.3 cm³/mol. The van der Waals surface area contributed by atoms with E-state index in [2.05, 4.69) is 37.8 Å². The molecule has 16 heavy (non-hydrogen) atoms. The van der Waals surface area contributed by atoms with E-state index in [0.29, 0.717) is 5.92 Å². The SMILES string of the molecule is C=CC(=O)N1CCc2ccccc2C(C)C1. The lowest BCUT2D eigenvalue weighted by atomic mass is 9.96. The highest BCUT2D eigenvalue weighted by Crippen LogP contribution is 2.24. The molecule has 1 aliphatic rings. The van der Waals surface area contributed by atoms with Gasteiger partial charge in [0.05, 0.1) is 0 Å². The second-order valence-electron chi connectivity index (χ2n) is 4.34. The molecule has 1 heterocycles. The number of carbonyl (C=O) groups is 1. The summed E-state index contributed by atoms with van der Waals surface area (Å²) < 4.78 is 0. The summed E-state index contributed by atoms with van der Waals surface area (Å²) in [5, 5.41) is 0. The number of hydrogen-bond donors (Lipinski definition) is 0. The third kappa shape index (κ3) is 2.01. The van der Waals surface area contributed by atoms with Crippen LogP contribution in [0.5, 0.6) is 0 Å². The van der Waals surface area contributed by atoms with Crippen molar-refractivity contribution in [2.45, 2.75) is 19.3 Å². The Bertz CT molecular complexity index is 411. The fourth-order valence-electron chi connectivity index (χ4n) is 2.35. The third-order valence-corrected chi connectivity index (χ3v) is 3.22. The predicted octanol–water partition coefficient (Wildman–Crippen LogP) is 2.36. The minimum Gasteiger partial charge on any atom is -0.338 e. The van der Waals surface area contributed by atoms with Crippen LogP contribution < -0.4 is 0 Å². The molecule has 0 saturated carbocycles. The lowest BCUT2D eigenvalue weighted by Gasteiger charge is -2.21. The summed E-state index contributed by atoms with van der Waals surface area (Å²) in [5.41, 5.74) is 2.75. The van der Waals surface area contributed by atoms with Crippen molar-refractivity contribution >= 4 is 5.91 Å². The van der Waals surface area contributed by atoms with Crippen molar-refractivity contribution in [3.8, 4) is 0 Å². The molecule has 0 radical (unpaired) electrons. The zero-order valence-corrected chi connectivity index (χ0v) is 9.65. The molecule has 1 unspecified atom stereocenters. The number of fused-ring (bicyclic) bond motifs is 1. The van der Waals surface area contributed by atoms with Crippen LogP contribution >= 0.6 is 0 Å². The molecule has 84 valence electrons. The van der Waals surface area contributed by atoms with Gasteiger partial charge in [0.1, 0.15) is 0 Å². The third-order valence-electron chi connectivity index (χ3n) is 3.22. The molecule has 1 amide bonds. The zero-order chi connectivity index (χ0) is 11.5. The van der Waals surface area contributed by atoms with Crippen LogP contribution in [0.15, 0.2) is 36.9 Å². The van der Waals surface area contributed by atoms with E-state index in [9.17, 15) is 4.79 Å². The molecule has 0 bridgehead atoms. The van der Waals surface area contributed by atoms with Gasteiger partial charge in [-0.3, -0.25) is 4.79 Å². The molecule has 0 aliphatic carbocycles. The largest absolute Gasteiger partial charge is 0.338 e. The van der Waals surface area contributed by atoms with Gasteiger partial charge in [0.25, 0.3) is 0 Å². The first-order chi connectivity index (χ1) is 7.72. The summed E-state index contributed by atoms with van der Waals surface area (Å²) in [4.78, 5) is 13.5. The van der Waals surface area contributed by atoms with E-state index in [1.54, 1.807) is 0 Å². The number of hydrogen-bond acceptors (Lipinski definition) is 1. The highest BCUT2D eigenvalue weighted by molar-refractivity contribution is 5.87. The quantitative estimate of drug-likeness (QED) is 0.659. The van der Waals surface area contributed by atoms with Crippen molar-refractivity contribution in [1.29, 1.82) is 0 Å². The van der Waals surface area contributed by atoms with Gasteiger partial charge in [0.2, 0.25) is 5.91 Å². The maximum atomic E-state index is 11.6. The van der Waals surface area contributed by atoms with E-state index in [1.807, 2.05) is 4.90 Å². The van der Waals surface area contributed by atoms with Crippen LogP contribution in [0.25, 0.3) is 0 Å². The van der Waals surface area contributed by atoms with E-state index in [4.69, 9.17) is 0 Å². The van der Waals surface area contributed by atoms with Crippen LogP contribution in [0.2, 0.25) is 0 Å². The summed E-state index contributed by atoms with van der Waals surface area (Å²) in [6, 6.07) is 8.46. The summed E-state index contributed by atoms with van der Waals surface area (Å²) in [5.74, 6) is 0.447. The highest BCUT2D eigenvalue weighted by atomic mass is 16.2. The van der Waals surface area contributed by atoms with Gasteiger partial charge in [-0.15, -0.1) is 0 Å². The normalized spacial score (nSPS) is 19.8. The van der Waals surface area contributed by atoms with E-state index < -0.39 is 0 Å². The fourth-order valence-corrected chi connectivity index (χ4v) is 2.35. The van der Waals surface area contributed by atoms with Gasteiger partial charge in [-0.25, -0.2) is 0 Å². The molecule has 1 aromatic carbocycles. The molecule has 0 spiro atoms. The zero-order valence-electron chi connectivity index (χ0n) is 9.65. The smallest absolute Gasteiger partial charge is 0.245 e. The maximum Gasteiger partial charge on any atom is 0.245 e. The molecule has 0 fully saturated rings. The van der Waals surface area contributed by atoms with Crippen molar-refractivity contribution in [3.05, 3.63) is 48.0 Å². The van der Waals surface area contributed by atoms with Crippen molar-refractivity contribution in [3.63, 3.8) is 0 Å². The standard InChI is InChI=1S/C14H17NO/c1-3-14(16)15-9-8-12-6-4-5-7-13(12)11(2)10-15/h3-7,11H,1,8-10H2,2H3. The van der Waals surface area contributed by atoms with Gasteiger partial charge in [0, 0.05) is 13.1 Å². The van der Waals surface area contributed by atoms with Gasteiger partial charge < -0.3 is 4.90 Å². The number of nitrogens with zero attached hydrogens (tertiary/aromatic N) is 1. The van der Waals surface area contributed by atoms with Crippen LogP contribution in [-0.2, 0) is 11.2 Å². The molecule has 1 aromatic rings. The second kappa shape index (κ2) is 4.52. The van der Waals surface area contributed by atoms with Gasteiger partial charge in [-0.05, 0) is 29.5 Å². The van der Waals surface area contributed by atoms with Crippen molar-refractivity contribution in [2.24, 2.45) is 0 Å². The average molecular weight is 215 g/mol. The minimum atomic E-state index is 0.0413. The molecule has 0 aromatic heterocycles. The number of carbonyl (C=O) groups excluding carboxylic acids is 1. The lowest BCUT2D eigenvalue weighted by Crippen LogP contribution is -2.32. The van der Waals surface area contributed by atoms with E-state index in [0.717, 1.165) is 19.5 Å². The van der Waals surface area contributed by atoms with Crippen molar-refractivity contribution < 1.29 is 4.79 Å². The Kier molecular flexibility index (Phi) is 3.09. The first-order valence-electron chi connectivity index (χ1n) is 5.71. The van der Waals surface area contributed by atoms with Crippen LogP contribution in [0, 0.1) is 0 Å². The van der Waals surface area contributed by atoms with Crippen molar-refractivity contribution in [2.75, 3.05) is 13.1 Å². The molecule has 0 N–H and O–H groups in total. The van der Waals surface area contributed by atoms with E-state index >= 15 is 0 Å². The monoisotopic (exact) mass is 215 g/mol. The number of rotatable bonds is 1. The van der Waals surface area contributed by atoms with Gasteiger partial charge in [-0.1, -0.05) is 37.8 Å². The lowest BCUT2D eigenvalue weighted by molar-refractivity contribution is -0.126. The topological polar surface area (TPSA) is 20.3 Å². The van der Waals surface area contributed by atoms with E-state index in [-0.39, 0.29) is 5.91 Å². The van der Waals surface area contributed by atoms with Gasteiger partial charge in [0.15, 0.2) is 0 Å². The molecule has 2 rings (SSSR count). The Morgan fingerprint density at radius 2 is 2.25 bits per heavy atom. The fraction of sp³-hybridized carbons (Fsp3) is 0.357. The highest BCUT2D eigenvalue weighted by Gasteiger charge is 2.21. The molecule has 2 nitrogen and oxygen atoms in total. The molecule has 1 aliphatic heterocycles. The second-order valence-corrected chi connectivity index (χ2v) is 4.34. The Morgan fingerprint density at radius 3 is 3.00 bits per heavy atom. The Labute approximate surface area is 96.6 Å². The summed E-state index contributed by atoms with van der Waals surface area (Å²) in [7, 11) is 0. The summed E-state index contributed by atoms with van der Waals surface area (Å²) in [6.07, 6.45) is 2.35. The molecule has 2 heteroatoms. The maximum absolute atomic E-state index is 11.6. The van der Waals surface area contributed by atoms with E-state index in [1.165, 1.54) is 17.2 Å². The molecular formula is C14H17NO. The minimum absolute atomic E-state index is 0.0413. The molecule has 0 saturated heterocycles. The number of amides is 1. The van der Waals surface area contributed by atoms with Gasteiger partial charge in [-0.2, -0.15) is 0 Å². The van der Waals surface area contributed by atoms with Crippen LogP contribution in [0.4, 0.5) is 0 Å². The summed E-state index contributed by atoms with van der Waals surface area (Å²) in [6.45, 7) is 7.31. The first-order valence-corrected chi connectivity index (χ1v) is 5.71. The molecular weight excluding hydrogens is 198 g/mol. The Morgan fingerprint density at radius 1 is 1.50 bits per heavy atom. The Balaban J connectivity index is 2.25.